The van der Waals surface area contributed by atoms with Crippen LogP contribution in [-0.4, -0.2) is 14.5 Å². The lowest BCUT2D eigenvalue weighted by Gasteiger charge is -2.11. The normalized spacial score (nSPS) is 21.9. The lowest BCUT2D eigenvalue weighted by atomic mass is 10.2. The lowest BCUT2D eigenvalue weighted by molar-refractivity contribution is 0.555. The standard InChI is InChI=1S/C11H12BrCl2NO2S/c1-11(2)5-9(11)15-18(16,17)10-7(13)3-6(12)4-8(10)14/h3-4,9,15H,5H2,1-2H3. The first-order valence-electron chi connectivity index (χ1n) is 5.30. The van der Waals surface area contributed by atoms with Gasteiger partial charge in [0.05, 0.1) is 10.0 Å². The molecule has 0 amide bonds. The Morgan fingerprint density at radius 2 is 1.78 bits per heavy atom. The van der Waals surface area contributed by atoms with E-state index in [9.17, 15) is 8.42 Å². The lowest BCUT2D eigenvalue weighted by Crippen LogP contribution is -2.29. The minimum atomic E-state index is -3.68. The van der Waals surface area contributed by atoms with Gasteiger partial charge in [-0.3, -0.25) is 0 Å². The molecule has 7 heteroatoms. The first kappa shape index (κ1) is 14.6. The minimum Gasteiger partial charge on any atom is -0.207 e. The molecular formula is C11H12BrCl2NO2S. The summed E-state index contributed by atoms with van der Waals surface area (Å²) in [5, 5.41) is 0.223. The Hall–Kier alpha value is 0.190. The number of hydrogen-bond acceptors (Lipinski definition) is 2. The average molecular weight is 373 g/mol. The van der Waals surface area contributed by atoms with Crippen LogP contribution in [-0.2, 0) is 10.0 Å². The molecule has 1 N–H and O–H groups in total. The topological polar surface area (TPSA) is 46.2 Å². The number of halogens is 3. The molecule has 1 atom stereocenters. The number of rotatable bonds is 3. The molecule has 1 aromatic rings. The van der Waals surface area contributed by atoms with Gasteiger partial charge in [0.25, 0.3) is 0 Å². The molecule has 18 heavy (non-hydrogen) atoms. The van der Waals surface area contributed by atoms with Crippen molar-refractivity contribution >= 4 is 49.2 Å². The zero-order valence-electron chi connectivity index (χ0n) is 9.80. The van der Waals surface area contributed by atoms with Crippen molar-refractivity contribution in [3.8, 4) is 0 Å². The molecule has 1 fully saturated rings. The van der Waals surface area contributed by atoms with Crippen molar-refractivity contribution in [2.45, 2.75) is 31.2 Å². The van der Waals surface area contributed by atoms with Crippen LogP contribution >= 0.6 is 39.1 Å². The van der Waals surface area contributed by atoms with Crippen molar-refractivity contribution in [1.82, 2.24) is 4.72 Å². The quantitative estimate of drug-likeness (QED) is 0.876. The van der Waals surface area contributed by atoms with Crippen LogP contribution in [0.15, 0.2) is 21.5 Å². The van der Waals surface area contributed by atoms with E-state index in [4.69, 9.17) is 23.2 Å². The summed E-state index contributed by atoms with van der Waals surface area (Å²) in [7, 11) is -3.68. The first-order chi connectivity index (χ1) is 8.13. The summed E-state index contributed by atoms with van der Waals surface area (Å²) in [6.07, 6.45) is 0.817. The van der Waals surface area contributed by atoms with Crippen molar-refractivity contribution in [3.05, 3.63) is 26.7 Å². The second-order valence-corrected chi connectivity index (χ2v) is 8.45. The maximum absolute atomic E-state index is 12.2. The minimum absolute atomic E-state index is 0.00138. The number of sulfonamides is 1. The van der Waals surface area contributed by atoms with Crippen molar-refractivity contribution < 1.29 is 8.42 Å². The summed E-state index contributed by atoms with van der Waals surface area (Å²) >= 11 is 15.1. The molecule has 1 aromatic carbocycles. The van der Waals surface area contributed by atoms with E-state index in [0.717, 1.165) is 6.42 Å². The fraction of sp³-hybridized carbons (Fsp3) is 0.455. The molecule has 1 unspecified atom stereocenters. The third-order valence-corrected chi connectivity index (χ3v) is 5.89. The second kappa shape index (κ2) is 4.63. The largest absolute Gasteiger partial charge is 0.243 e. The van der Waals surface area contributed by atoms with E-state index in [1.807, 2.05) is 13.8 Å². The molecule has 0 bridgehead atoms. The van der Waals surface area contributed by atoms with Gasteiger partial charge in [0.2, 0.25) is 10.0 Å². The fourth-order valence-electron chi connectivity index (χ4n) is 1.70. The smallest absolute Gasteiger partial charge is 0.207 e. The van der Waals surface area contributed by atoms with E-state index in [0.29, 0.717) is 4.47 Å². The average Bonchev–Trinajstić information content (AvgIpc) is 2.68. The Balaban J connectivity index is 2.36. The highest BCUT2D eigenvalue weighted by atomic mass is 79.9. The summed E-state index contributed by atoms with van der Waals surface area (Å²) in [5.74, 6) is 0. The zero-order chi connectivity index (χ0) is 13.7. The molecule has 0 aliphatic heterocycles. The molecule has 100 valence electrons. The fourth-order valence-corrected chi connectivity index (χ4v) is 5.04. The van der Waals surface area contributed by atoms with Crippen LogP contribution in [0.4, 0.5) is 0 Å². The number of nitrogens with one attached hydrogen (secondary N) is 1. The molecule has 0 saturated heterocycles. The van der Waals surface area contributed by atoms with E-state index >= 15 is 0 Å². The number of benzene rings is 1. The van der Waals surface area contributed by atoms with Crippen LogP contribution in [0.1, 0.15) is 20.3 Å². The van der Waals surface area contributed by atoms with Gasteiger partial charge >= 0.3 is 0 Å². The van der Waals surface area contributed by atoms with E-state index in [1.54, 1.807) is 0 Å². The van der Waals surface area contributed by atoms with Crippen LogP contribution in [0.25, 0.3) is 0 Å². The predicted molar refractivity (Wildman–Crippen MR) is 76.7 cm³/mol. The highest BCUT2D eigenvalue weighted by Crippen LogP contribution is 2.46. The summed E-state index contributed by atoms with van der Waals surface area (Å²) in [5.41, 5.74) is 0.00138. The molecule has 1 aliphatic carbocycles. The van der Waals surface area contributed by atoms with Crippen molar-refractivity contribution in [1.29, 1.82) is 0 Å². The van der Waals surface area contributed by atoms with Crippen LogP contribution in [0, 0.1) is 5.41 Å². The zero-order valence-corrected chi connectivity index (χ0v) is 13.7. The Labute approximate surface area is 125 Å². The Morgan fingerprint density at radius 1 is 1.33 bits per heavy atom. The molecule has 1 aliphatic rings. The van der Waals surface area contributed by atoms with Crippen LogP contribution in [0.2, 0.25) is 10.0 Å². The van der Waals surface area contributed by atoms with Crippen molar-refractivity contribution in [2.75, 3.05) is 0 Å². The highest BCUT2D eigenvalue weighted by molar-refractivity contribution is 9.10. The van der Waals surface area contributed by atoms with Gasteiger partial charge < -0.3 is 0 Å². The molecule has 0 spiro atoms. The molecular weight excluding hydrogens is 361 g/mol. The summed E-state index contributed by atoms with van der Waals surface area (Å²) in [4.78, 5) is -0.0586. The van der Waals surface area contributed by atoms with E-state index in [1.165, 1.54) is 12.1 Å². The van der Waals surface area contributed by atoms with Crippen LogP contribution in [0.5, 0.6) is 0 Å². The van der Waals surface area contributed by atoms with E-state index < -0.39 is 10.0 Å². The van der Waals surface area contributed by atoms with E-state index in [-0.39, 0.29) is 26.4 Å². The third kappa shape index (κ3) is 2.85. The predicted octanol–water partition coefficient (Wildman–Crippen LogP) is 3.83. The van der Waals surface area contributed by atoms with Gasteiger partial charge in [-0.05, 0) is 24.0 Å². The molecule has 0 heterocycles. The van der Waals surface area contributed by atoms with Gasteiger partial charge in [-0.2, -0.15) is 0 Å². The summed E-state index contributed by atoms with van der Waals surface area (Å²) in [6, 6.07) is 2.97. The number of hydrogen-bond donors (Lipinski definition) is 1. The molecule has 0 radical (unpaired) electrons. The van der Waals surface area contributed by atoms with E-state index in [2.05, 4.69) is 20.7 Å². The molecule has 2 rings (SSSR count). The maximum Gasteiger partial charge on any atom is 0.243 e. The Bertz CT molecular complexity index is 578. The van der Waals surface area contributed by atoms with Gasteiger partial charge in [0, 0.05) is 10.5 Å². The third-order valence-electron chi connectivity index (χ3n) is 3.04. The Morgan fingerprint density at radius 3 is 2.17 bits per heavy atom. The highest BCUT2D eigenvalue weighted by Gasteiger charge is 2.48. The first-order valence-corrected chi connectivity index (χ1v) is 8.33. The maximum atomic E-state index is 12.2. The van der Waals surface area contributed by atoms with Gasteiger partial charge in [-0.15, -0.1) is 0 Å². The van der Waals surface area contributed by atoms with Gasteiger partial charge in [-0.1, -0.05) is 53.0 Å². The van der Waals surface area contributed by atoms with Crippen molar-refractivity contribution in [2.24, 2.45) is 5.41 Å². The molecule has 3 nitrogen and oxygen atoms in total. The van der Waals surface area contributed by atoms with Gasteiger partial charge in [0.1, 0.15) is 4.90 Å². The van der Waals surface area contributed by atoms with Crippen LogP contribution < -0.4 is 4.72 Å². The van der Waals surface area contributed by atoms with Crippen molar-refractivity contribution in [3.63, 3.8) is 0 Å². The van der Waals surface area contributed by atoms with Crippen LogP contribution in [0.3, 0.4) is 0 Å². The summed E-state index contributed by atoms with van der Waals surface area (Å²) in [6.45, 7) is 4.01. The Kier molecular flexibility index (Phi) is 3.76. The molecule has 1 saturated carbocycles. The SMILES string of the molecule is CC1(C)CC1NS(=O)(=O)c1c(Cl)cc(Br)cc1Cl. The molecule has 0 aromatic heterocycles. The monoisotopic (exact) mass is 371 g/mol. The summed E-state index contributed by atoms with van der Waals surface area (Å²) < 4.78 is 27.7. The van der Waals surface area contributed by atoms with Gasteiger partial charge in [0.15, 0.2) is 0 Å². The second-order valence-electron chi connectivity index (χ2n) is 5.07. The van der Waals surface area contributed by atoms with Gasteiger partial charge in [-0.25, -0.2) is 13.1 Å².